The normalized spacial score (nSPS) is 10.1. The molecule has 0 spiro atoms. The molecule has 1 aromatic carbocycles. The first-order valence-electron chi connectivity index (χ1n) is 5.43. The van der Waals surface area contributed by atoms with Gasteiger partial charge in [0.1, 0.15) is 5.75 Å². The van der Waals surface area contributed by atoms with Gasteiger partial charge in [-0.05, 0) is 39.0 Å². The summed E-state index contributed by atoms with van der Waals surface area (Å²) >= 11 is 0. The molecule has 1 amide bonds. The van der Waals surface area contributed by atoms with Crippen molar-refractivity contribution >= 4 is 11.6 Å². The van der Waals surface area contributed by atoms with Crippen LogP contribution in [0.4, 0.5) is 5.69 Å². The summed E-state index contributed by atoms with van der Waals surface area (Å²) in [6.07, 6.45) is -0.00644. The zero-order valence-corrected chi connectivity index (χ0v) is 10.4. The summed E-state index contributed by atoms with van der Waals surface area (Å²) in [6.45, 7) is 9.36. The van der Waals surface area contributed by atoms with E-state index >= 15 is 0 Å². The van der Waals surface area contributed by atoms with Crippen LogP contribution >= 0.6 is 0 Å². The molecule has 0 aliphatic carbocycles. The average molecular weight is 234 g/mol. The molecule has 0 bridgehead atoms. The quantitative estimate of drug-likeness (QED) is 0.822. The third-order valence-electron chi connectivity index (χ3n) is 1.97. The topological polar surface area (TPSA) is 64.3 Å². The summed E-state index contributed by atoms with van der Waals surface area (Å²) in [5, 5.41) is 3.02. The molecule has 4 nitrogen and oxygen atoms in total. The van der Waals surface area contributed by atoms with Crippen LogP contribution in [0, 0.1) is 0 Å². The molecule has 0 atom stereocenters. The second kappa shape index (κ2) is 5.39. The molecular weight excluding hydrogens is 216 g/mol. The van der Waals surface area contributed by atoms with Gasteiger partial charge in [0, 0.05) is 11.4 Å². The first-order valence-corrected chi connectivity index (χ1v) is 5.43. The molecule has 0 fully saturated rings. The molecule has 0 saturated carbocycles. The van der Waals surface area contributed by atoms with Crippen molar-refractivity contribution in [1.29, 1.82) is 0 Å². The highest BCUT2D eigenvalue weighted by molar-refractivity contribution is 5.96. The summed E-state index contributed by atoms with van der Waals surface area (Å²) in [5.41, 5.74) is 7.24. The van der Waals surface area contributed by atoms with Crippen LogP contribution in [0.15, 0.2) is 30.5 Å². The lowest BCUT2D eigenvalue weighted by Gasteiger charge is -2.14. The van der Waals surface area contributed by atoms with Gasteiger partial charge in [0.25, 0.3) is 5.91 Å². The van der Waals surface area contributed by atoms with Crippen LogP contribution in [-0.2, 0) is 0 Å². The lowest BCUT2D eigenvalue weighted by molar-refractivity contribution is 0.0994. The van der Waals surface area contributed by atoms with Crippen LogP contribution < -0.4 is 15.8 Å². The number of allylic oxidation sites excluding steroid dienone is 1. The second-order valence-corrected chi connectivity index (χ2v) is 4.15. The van der Waals surface area contributed by atoms with Crippen LogP contribution in [0.5, 0.6) is 5.75 Å². The number of nitrogens with one attached hydrogen (secondary N) is 1. The van der Waals surface area contributed by atoms with Gasteiger partial charge in [-0.1, -0.05) is 6.58 Å². The Hall–Kier alpha value is -1.97. The van der Waals surface area contributed by atoms with Crippen molar-refractivity contribution in [2.45, 2.75) is 26.9 Å². The fourth-order valence-corrected chi connectivity index (χ4v) is 1.40. The Morgan fingerprint density at radius 1 is 1.47 bits per heavy atom. The van der Waals surface area contributed by atoms with Gasteiger partial charge in [0.2, 0.25) is 0 Å². The maximum Gasteiger partial charge on any atom is 0.252 e. The highest BCUT2D eigenvalue weighted by atomic mass is 16.5. The van der Waals surface area contributed by atoms with E-state index in [4.69, 9.17) is 10.5 Å². The highest BCUT2D eigenvalue weighted by Crippen LogP contribution is 2.24. The van der Waals surface area contributed by atoms with Crippen LogP contribution in [0.1, 0.15) is 31.1 Å². The largest absolute Gasteiger partial charge is 0.490 e. The zero-order chi connectivity index (χ0) is 13.0. The van der Waals surface area contributed by atoms with Gasteiger partial charge in [-0.3, -0.25) is 4.79 Å². The number of benzene rings is 1. The predicted molar refractivity (Wildman–Crippen MR) is 69.2 cm³/mol. The van der Waals surface area contributed by atoms with E-state index in [1.807, 2.05) is 26.8 Å². The van der Waals surface area contributed by atoms with Crippen molar-refractivity contribution in [3.05, 3.63) is 36.0 Å². The number of amides is 1. The van der Waals surface area contributed by atoms with Gasteiger partial charge in [-0.25, -0.2) is 0 Å². The van der Waals surface area contributed by atoms with E-state index in [0.29, 0.717) is 11.3 Å². The molecular formula is C13H18N2O2. The molecule has 4 heteroatoms. The van der Waals surface area contributed by atoms with E-state index in [0.717, 1.165) is 11.4 Å². The Morgan fingerprint density at radius 2 is 2.12 bits per heavy atom. The Balaban J connectivity index is 3.08. The van der Waals surface area contributed by atoms with Crippen molar-refractivity contribution in [3.8, 4) is 5.75 Å². The van der Waals surface area contributed by atoms with E-state index < -0.39 is 5.91 Å². The van der Waals surface area contributed by atoms with Crippen molar-refractivity contribution in [3.63, 3.8) is 0 Å². The fourth-order valence-electron chi connectivity index (χ4n) is 1.40. The molecule has 0 saturated heterocycles. The predicted octanol–water partition coefficient (Wildman–Crippen LogP) is 2.52. The Labute approximate surface area is 101 Å². The number of anilines is 1. The molecule has 0 aliphatic rings. The van der Waals surface area contributed by atoms with E-state index in [2.05, 4.69) is 11.9 Å². The molecule has 0 radical (unpaired) electrons. The number of ether oxygens (including phenoxy) is 1. The number of primary amides is 1. The van der Waals surface area contributed by atoms with Crippen LogP contribution in [0.2, 0.25) is 0 Å². The fraction of sp³-hybridized carbons (Fsp3) is 0.308. The first kappa shape index (κ1) is 13.1. The Morgan fingerprint density at radius 3 is 2.59 bits per heavy atom. The maximum atomic E-state index is 11.3. The van der Waals surface area contributed by atoms with Crippen molar-refractivity contribution in [2.75, 3.05) is 5.32 Å². The summed E-state index contributed by atoms with van der Waals surface area (Å²) < 4.78 is 5.52. The lowest BCUT2D eigenvalue weighted by atomic mass is 10.1. The monoisotopic (exact) mass is 234 g/mol. The van der Waals surface area contributed by atoms with Crippen molar-refractivity contribution < 1.29 is 9.53 Å². The molecule has 0 heterocycles. The zero-order valence-electron chi connectivity index (χ0n) is 10.4. The minimum Gasteiger partial charge on any atom is -0.490 e. The standard InChI is InChI=1S/C13H18N2O2/c1-8(2)15-10-5-6-12(17-9(3)4)11(7-10)13(14)16/h5-7,9,15H,1H2,2-4H3,(H2,14,16). The molecule has 0 aliphatic heterocycles. The summed E-state index contributed by atoms with van der Waals surface area (Å²) in [7, 11) is 0. The molecule has 92 valence electrons. The summed E-state index contributed by atoms with van der Waals surface area (Å²) in [5.74, 6) is -0.00854. The second-order valence-electron chi connectivity index (χ2n) is 4.15. The molecule has 1 aromatic rings. The van der Waals surface area contributed by atoms with E-state index in [1.165, 1.54) is 0 Å². The SMILES string of the molecule is C=C(C)Nc1ccc(OC(C)C)c(C(N)=O)c1. The van der Waals surface area contributed by atoms with Crippen molar-refractivity contribution in [2.24, 2.45) is 5.73 Å². The number of hydrogen-bond acceptors (Lipinski definition) is 3. The van der Waals surface area contributed by atoms with Crippen LogP contribution in [0.3, 0.4) is 0 Å². The number of carbonyl (C=O) groups excluding carboxylic acids is 1. The minimum atomic E-state index is -0.508. The summed E-state index contributed by atoms with van der Waals surface area (Å²) in [6, 6.07) is 5.21. The van der Waals surface area contributed by atoms with Gasteiger partial charge in [-0.2, -0.15) is 0 Å². The number of carbonyl (C=O) groups is 1. The number of hydrogen-bond donors (Lipinski definition) is 2. The number of nitrogens with two attached hydrogens (primary N) is 1. The third kappa shape index (κ3) is 3.83. The molecule has 1 rings (SSSR count). The van der Waals surface area contributed by atoms with Gasteiger partial charge in [0.05, 0.1) is 11.7 Å². The number of rotatable bonds is 5. The Bertz CT molecular complexity index is 439. The molecule has 0 unspecified atom stereocenters. The summed E-state index contributed by atoms with van der Waals surface area (Å²) in [4.78, 5) is 11.3. The van der Waals surface area contributed by atoms with Crippen LogP contribution in [0.25, 0.3) is 0 Å². The minimum absolute atomic E-state index is 0.00644. The van der Waals surface area contributed by atoms with Gasteiger partial charge in [-0.15, -0.1) is 0 Å². The third-order valence-corrected chi connectivity index (χ3v) is 1.97. The van der Waals surface area contributed by atoms with E-state index in [1.54, 1.807) is 12.1 Å². The molecule has 0 aromatic heterocycles. The lowest BCUT2D eigenvalue weighted by Crippen LogP contribution is -2.16. The van der Waals surface area contributed by atoms with Gasteiger partial charge >= 0.3 is 0 Å². The maximum absolute atomic E-state index is 11.3. The van der Waals surface area contributed by atoms with Crippen molar-refractivity contribution in [1.82, 2.24) is 0 Å². The Kier molecular flexibility index (Phi) is 4.15. The first-order chi connectivity index (χ1) is 7.90. The van der Waals surface area contributed by atoms with E-state index in [9.17, 15) is 4.79 Å². The van der Waals surface area contributed by atoms with Gasteiger partial charge < -0.3 is 15.8 Å². The highest BCUT2D eigenvalue weighted by Gasteiger charge is 2.11. The smallest absolute Gasteiger partial charge is 0.252 e. The molecule has 17 heavy (non-hydrogen) atoms. The van der Waals surface area contributed by atoms with E-state index in [-0.39, 0.29) is 6.10 Å². The molecule has 3 N–H and O–H groups in total. The van der Waals surface area contributed by atoms with Crippen LogP contribution in [-0.4, -0.2) is 12.0 Å². The average Bonchev–Trinajstić information content (AvgIpc) is 2.18. The van der Waals surface area contributed by atoms with Gasteiger partial charge in [0.15, 0.2) is 0 Å².